The number of benzene rings is 2. The third-order valence-corrected chi connectivity index (χ3v) is 9.89. The maximum absolute atomic E-state index is 14.8. The molecule has 2 heterocycles. The van der Waals surface area contributed by atoms with E-state index in [-0.39, 0.29) is 11.6 Å². The number of ether oxygens (including phenoxy) is 1. The van der Waals surface area contributed by atoms with Gasteiger partial charge >= 0.3 is 0 Å². The van der Waals surface area contributed by atoms with Gasteiger partial charge in [0.1, 0.15) is 23.9 Å². The van der Waals surface area contributed by atoms with Crippen LogP contribution < -0.4 is 9.64 Å². The molecule has 1 fully saturated rings. The van der Waals surface area contributed by atoms with Crippen LogP contribution >= 0.6 is 0 Å². The van der Waals surface area contributed by atoms with Crippen molar-refractivity contribution in [2.24, 2.45) is 0 Å². The lowest BCUT2D eigenvalue weighted by atomic mass is 9.91. The second-order valence-electron chi connectivity index (χ2n) is 13.5. The highest BCUT2D eigenvalue weighted by atomic mass is 19.1. The van der Waals surface area contributed by atoms with Gasteiger partial charge in [-0.2, -0.15) is 0 Å². The molecule has 4 rings (SSSR count). The number of unbranched alkanes of at least 4 members (excludes halogenated alkanes) is 13. The number of nitrogens with zero attached hydrogens (tertiary/aromatic N) is 2. The number of hydrogen-bond acceptors (Lipinski definition) is 2. The van der Waals surface area contributed by atoms with Gasteiger partial charge < -0.3 is 9.64 Å². The van der Waals surface area contributed by atoms with E-state index in [0.29, 0.717) is 12.1 Å². The molecule has 2 aromatic carbocycles. The van der Waals surface area contributed by atoms with Crippen molar-refractivity contribution < 1.29 is 18.1 Å². The fraction of sp³-hybridized carbons (Fsp3) is 0.675. The molecule has 0 amide bonds. The Bertz CT molecular complexity index is 1190. The highest BCUT2D eigenvalue weighted by Crippen LogP contribution is 2.39. The first-order chi connectivity index (χ1) is 22.1. The fourth-order valence-corrected chi connectivity index (χ4v) is 7.23. The van der Waals surface area contributed by atoms with Gasteiger partial charge in [0.15, 0.2) is 12.3 Å². The van der Waals surface area contributed by atoms with E-state index in [2.05, 4.69) is 35.5 Å². The van der Waals surface area contributed by atoms with E-state index in [4.69, 9.17) is 4.74 Å². The van der Waals surface area contributed by atoms with Gasteiger partial charge in [-0.05, 0) is 62.4 Å². The number of fused-ring (bicyclic) bond motifs is 1. The van der Waals surface area contributed by atoms with E-state index in [0.717, 1.165) is 57.7 Å². The molecule has 0 spiro atoms. The topological polar surface area (TPSA) is 15.5 Å². The molecule has 1 saturated heterocycles. The summed E-state index contributed by atoms with van der Waals surface area (Å²) >= 11 is 0. The average molecular weight is 624 g/mol. The Labute approximate surface area is 273 Å². The summed E-state index contributed by atoms with van der Waals surface area (Å²) in [6.45, 7) is 8.67. The van der Waals surface area contributed by atoms with Crippen LogP contribution in [-0.4, -0.2) is 36.5 Å². The summed E-state index contributed by atoms with van der Waals surface area (Å²) in [6.07, 6.45) is 24.7. The molecule has 2 aliphatic heterocycles. The van der Waals surface area contributed by atoms with Gasteiger partial charge in [0.25, 0.3) is 0 Å². The SMILES string of the molecule is CCCCCCCCCCCC1=[N+](Cc2cc(F)ccc2F)CCc2c1ccc(N1CCCCC1)c2OCCCCCCCC. The summed E-state index contributed by atoms with van der Waals surface area (Å²) < 4.78 is 38.0. The first kappa shape index (κ1) is 35.4. The van der Waals surface area contributed by atoms with Crippen molar-refractivity contribution >= 4 is 11.4 Å². The van der Waals surface area contributed by atoms with E-state index >= 15 is 0 Å². The van der Waals surface area contributed by atoms with E-state index in [1.54, 1.807) is 0 Å². The number of hydrogen-bond donors (Lipinski definition) is 0. The van der Waals surface area contributed by atoms with Crippen LogP contribution in [0, 0.1) is 11.6 Å². The molecule has 250 valence electrons. The summed E-state index contributed by atoms with van der Waals surface area (Å²) in [4.78, 5) is 2.54. The zero-order valence-corrected chi connectivity index (χ0v) is 28.6. The molecule has 0 aromatic heterocycles. The molecule has 5 heteroatoms. The quantitative estimate of drug-likeness (QED) is 0.102. The van der Waals surface area contributed by atoms with Crippen LogP contribution in [0.4, 0.5) is 14.5 Å². The van der Waals surface area contributed by atoms with Gasteiger partial charge in [-0.1, -0.05) is 97.3 Å². The van der Waals surface area contributed by atoms with Gasteiger partial charge in [0.2, 0.25) is 0 Å². The fourth-order valence-electron chi connectivity index (χ4n) is 7.23. The smallest absolute Gasteiger partial charge is 0.184 e. The average Bonchev–Trinajstić information content (AvgIpc) is 3.06. The van der Waals surface area contributed by atoms with Gasteiger partial charge in [0, 0.05) is 37.1 Å². The van der Waals surface area contributed by atoms with Crippen molar-refractivity contribution in [3.05, 3.63) is 58.7 Å². The van der Waals surface area contributed by atoms with Crippen LogP contribution in [0.1, 0.15) is 153 Å². The molecule has 0 saturated carbocycles. The summed E-state index contributed by atoms with van der Waals surface area (Å²) in [5.41, 5.74) is 5.55. The second-order valence-corrected chi connectivity index (χ2v) is 13.5. The summed E-state index contributed by atoms with van der Waals surface area (Å²) in [7, 11) is 0. The minimum absolute atomic E-state index is 0.326. The normalized spacial score (nSPS) is 15.1. The molecule has 0 bridgehead atoms. The molecule has 0 unspecified atom stereocenters. The second kappa shape index (κ2) is 19.9. The van der Waals surface area contributed by atoms with Gasteiger partial charge in [-0.3, -0.25) is 0 Å². The molecule has 0 aliphatic carbocycles. The van der Waals surface area contributed by atoms with Crippen molar-refractivity contribution in [2.75, 3.05) is 31.1 Å². The van der Waals surface area contributed by atoms with E-state index in [9.17, 15) is 8.78 Å². The zero-order chi connectivity index (χ0) is 31.7. The third kappa shape index (κ3) is 11.1. The number of rotatable bonds is 21. The zero-order valence-electron chi connectivity index (χ0n) is 28.6. The van der Waals surface area contributed by atoms with Crippen molar-refractivity contribution in [1.82, 2.24) is 0 Å². The Morgan fingerprint density at radius 3 is 2.07 bits per heavy atom. The first-order valence-electron chi connectivity index (χ1n) is 18.7. The molecule has 2 aromatic rings. The molecule has 2 aliphatic rings. The lowest BCUT2D eigenvalue weighted by Gasteiger charge is -2.32. The molecule has 3 nitrogen and oxygen atoms in total. The van der Waals surface area contributed by atoms with Crippen LogP contribution in [0.3, 0.4) is 0 Å². The number of anilines is 1. The molecule has 0 radical (unpaired) electrons. The predicted octanol–water partition coefficient (Wildman–Crippen LogP) is 11.2. The van der Waals surface area contributed by atoms with E-state index in [1.165, 1.54) is 143 Å². The van der Waals surface area contributed by atoms with Crippen LogP contribution in [0.15, 0.2) is 30.3 Å². The van der Waals surface area contributed by atoms with E-state index < -0.39 is 0 Å². The lowest BCUT2D eigenvalue weighted by molar-refractivity contribution is -0.546. The van der Waals surface area contributed by atoms with Crippen LogP contribution in [0.5, 0.6) is 5.75 Å². The number of halogens is 2. The van der Waals surface area contributed by atoms with Gasteiger partial charge in [-0.25, -0.2) is 13.4 Å². The Morgan fingerprint density at radius 1 is 0.733 bits per heavy atom. The molecule has 0 atom stereocenters. The lowest BCUT2D eigenvalue weighted by Crippen LogP contribution is -2.33. The molecular weight excluding hydrogens is 562 g/mol. The summed E-state index contributed by atoms with van der Waals surface area (Å²) in [5.74, 6) is 0.387. The Hall–Kier alpha value is -2.43. The predicted molar refractivity (Wildman–Crippen MR) is 186 cm³/mol. The maximum atomic E-state index is 14.8. The van der Waals surface area contributed by atoms with Crippen LogP contribution in [0.2, 0.25) is 0 Å². The first-order valence-corrected chi connectivity index (χ1v) is 18.7. The van der Waals surface area contributed by atoms with Crippen molar-refractivity contribution in [3.63, 3.8) is 0 Å². The Balaban J connectivity index is 1.55. The Morgan fingerprint density at radius 2 is 1.38 bits per heavy atom. The monoisotopic (exact) mass is 623 g/mol. The van der Waals surface area contributed by atoms with Crippen LogP contribution in [0.25, 0.3) is 0 Å². The van der Waals surface area contributed by atoms with E-state index in [1.807, 2.05) is 0 Å². The highest BCUT2D eigenvalue weighted by Gasteiger charge is 2.31. The minimum Gasteiger partial charge on any atom is -0.491 e. The van der Waals surface area contributed by atoms with Crippen LogP contribution in [-0.2, 0) is 13.0 Å². The Kier molecular flexibility index (Phi) is 15.7. The van der Waals surface area contributed by atoms with Gasteiger partial charge in [0.05, 0.1) is 17.9 Å². The molecule has 45 heavy (non-hydrogen) atoms. The van der Waals surface area contributed by atoms with Crippen molar-refractivity contribution in [3.8, 4) is 5.75 Å². The van der Waals surface area contributed by atoms with Crippen molar-refractivity contribution in [2.45, 2.75) is 149 Å². The highest BCUT2D eigenvalue weighted by molar-refractivity contribution is 6.00. The molecule has 0 N–H and O–H groups in total. The summed E-state index contributed by atoms with van der Waals surface area (Å²) in [5, 5.41) is 0. The standard InChI is InChI=1S/C40H61F2N2O/c1-3-5-7-9-11-12-13-14-17-21-38-35-23-25-39(43-27-18-16-19-28-43)40(45-30-20-15-10-8-6-4-2)36(35)26-29-44(38)32-33-31-34(41)22-24-37(33)42/h22-25,31H,3-21,26-30,32H2,1-2H3/q+1. The molecular formula is C40H61F2N2O+. The number of piperidine rings is 1. The van der Waals surface area contributed by atoms with Gasteiger partial charge in [-0.15, -0.1) is 0 Å². The van der Waals surface area contributed by atoms with Crippen molar-refractivity contribution in [1.29, 1.82) is 0 Å². The summed E-state index contributed by atoms with van der Waals surface area (Å²) in [6, 6.07) is 8.46. The third-order valence-electron chi connectivity index (χ3n) is 9.89. The minimum atomic E-state index is -0.374. The largest absolute Gasteiger partial charge is 0.491 e. The maximum Gasteiger partial charge on any atom is 0.184 e.